The van der Waals surface area contributed by atoms with E-state index in [1.165, 1.54) is 42.7 Å². The number of urea groups is 1. The zero-order valence-electron chi connectivity index (χ0n) is 14.9. The van der Waals surface area contributed by atoms with Crippen LogP contribution in [0.5, 0.6) is 0 Å². The smallest absolute Gasteiger partial charge is 0.366 e. The SMILES string of the molecule is CC(c1ccncc1C(N)=O)C1NC(=O)N(c2ccc(SC(F)(F)F)cc2)C1=O. The molecule has 3 rings (SSSR count). The Morgan fingerprint density at radius 1 is 1.24 bits per heavy atom. The van der Waals surface area contributed by atoms with Crippen molar-refractivity contribution in [3.63, 3.8) is 0 Å². The van der Waals surface area contributed by atoms with Crippen LogP contribution >= 0.6 is 11.8 Å². The van der Waals surface area contributed by atoms with Crippen molar-refractivity contribution in [1.82, 2.24) is 10.3 Å². The quantitative estimate of drug-likeness (QED) is 0.567. The number of rotatable bonds is 5. The van der Waals surface area contributed by atoms with E-state index >= 15 is 0 Å². The van der Waals surface area contributed by atoms with Crippen molar-refractivity contribution in [3.8, 4) is 0 Å². The van der Waals surface area contributed by atoms with E-state index in [2.05, 4.69) is 10.3 Å². The van der Waals surface area contributed by atoms with Crippen LogP contribution in [0.1, 0.15) is 28.8 Å². The highest BCUT2D eigenvalue weighted by atomic mass is 32.2. The van der Waals surface area contributed by atoms with Crippen molar-refractivity contribution in [3.05, 3.63) is 53.9 Å². The molecule has 2 atom stereocenters. The van der Waals surface area contributed by atoms with E-state index in [9.17, 15) is 27.6 Å². The number of pyridine rings is 1. The highest BCUT2D eigenvalue weighted by molar-refractivity contribution is 8.00. The van der Waals surface area contributed by atoms with Gasteiger partial charge in [0.2, 0.25) is 0 Å². The second kappa shape index (κ2) is 7.74. The normalized spacial score (nSPS) is 17.9. The highest BCUT2D eigenvalue weighted by Gasteiger charge is 2.43. The molecule has 0 bridgehead atoms. The molecule has 4 amide bonds. The van der Waals surface area contributed by atoms with Gasteiger partial charge >= 0.3 is 11.5 Å². The van der Waals surface area contributed by atoms with Crippen LogP contribution in [0, 0.1) is 0 Å². The maximum Gasteiger partial charge on any atom is 0.446 e. The minimum Gasteiger partial charge on any atom is -0.366 e. The summed E-state index contributed by atoms with van der Waals surface area (Å²) in [5, 5.41) is 2.55. The summed E-state index contributed by atoms with van der Waals surface area (Å²) in [4.78, 5) is 41.5. The molecule has 3 N–H and O–H groups in total. The summed E-state index contributed by atoms with van der Waals surface area (Å²) >= 11 is -0.293. The second-order valence-electron chi connectivity index (χ2n) is 6.26. The van der Waals surface area contributed by atoms with Gasteiger partial charge in [0.05, 0.1) is 11.3 Å². The Labute approximate surface area is 167 Å². The lowest BCUT2D eigenvalue weighted by atomic mass is 9.90. The van der Waals surface area contributed by atoms with Gasteiger partial charge in [0.15, 0.2) is 0 Å². The van der Waals surface area contributed by atoms with Crippen molar-refractivity contribution < 1.29 is 27.6 Å². The number of carbonyl (C=O) groups excluding carboxylic acids is 3. The van der Waals surface area contributed by atoms with E-state index in [4.69, 9.17) is 5.73 Å². The van der Waals surface area contributed by atoms with E-state index < -0.39 is 35.3 Å². The Kier molecular flexibility index (Phi) is 5.51. The number of benzene rings is 1. The summed E-state index contributed by atoms with van der Waals surface area (Å²) < 4.78 is 37.4. The molecular formula is C18H15F3N4O3S. The first-order valence-corrected chi connectivity index (χ1v) is 9.14. The lowest BCUT2D eigenvalue weighted by Gasteiger charge is -2.20. The van der Waals surface area contributed by atoms with Gasteiger partial charge in [0.1, 0.15) is 6.04 Å². The molecule has 2 unspecified atom stereocenters. The first-order valence-electron chi connectivity index (χ1n) is 8.32. The fraction of sp³-hybridized carbons (Fsp3) is 0.222. The number of anilines is 1. The Balaban J connectivity index is 1.84. The van der Waals surface area contributed by atoms with Crippen molar-refractivity contribution in [1.29, 1.82) is 0 Å². The van der Waals surface area contributed by atoms with Crippen molar-refractivity contribution >= 4 is 35.3 Å². The van der Waals surface area contributed by atoms with Crippen molar-refractivity contribution in [2.75, 3.05) is 4.90 Å². The largest absolute Gasteiger partial charge is 0.446 e. The maximum atomic E-state index is 12.9. The Morgan fingerprint density at radius 2 is 1.90 bits per heavy atom. The fourth-order valence-corrected chi connectivity index (χ4v) is 3.61. The summed E-state index contributed by atoms with van der Waals surface area (Å²) in [6.45, 7) is 1.65. The monoisotopic (exact) mass is 424 g/mol. The molecule has 2 aromatic rings. The third-order valence-corrected chi connectivity index (χ3v) is 5.15. The molecule has 1 aromatic carbocycles. The summed E-state index contributed by atoms with van der Waals surface area (Å²) in [6.07, 6.45) is 2.72. The first-order chi connectivity index (χ1) is 13.6. The summed E-state index contributed by atoms with van der Waals surface area (Å²) in [6, 6.07) is 4.73. The fourth-order valence-electron chi connectivity index (χ4n) is 3.07. The van der Waals surface area contributed by atoms with Gasteiger partial charge in [0.25, 0.3) is 11.8 Å². The molecule has 7 nitrogen and oxygen atoms in total. The van der Waals surface area contributed by atoms with Crippen LogP contribution in [0.4, 0.5) is 23.7 Å². The molecule has 29 heavy (non-hydrogen) atoms. The molecule has 11 heteroatoms. The number of aromatic nitrogens is 1. The molecule has 1 aliphatic rings. The molecule has 1 aromatic heterocycles. The van der Waals surface area contributed by atoms with E-state index in [0.29, 0.717) is 5.56 Å². The van der Waals surface area contributed by atoms with Gasteiger partial charge in [-0.3, -0.25) is 14.6 Å². The Bertz CT molecular complexity index is 966. The molecule has 152 valence electrons. The summed E-state index contributed by atoms with van der Waals surface area (Å²) in [5.41, 5.74) is 1.63. The number of imide groups is 1. The van der Waals surface area contributed by atoms with Crippen LogP contribution in [-0.4, -0.2) is 34.4 Å². The second-order valence-corrected chi connectivity index (χ2v) is 7.40. The van der Waals surface area contributed by atoms with Gasteiger partial charge < -0.3 is 11.1 Å². The first kappa shape index (κ1) is 20.6. The number of hydrogen-bond donors (Lipinski definition) is 2. The predicted octanol–water partition coefficient (Wildman–Crippen LogP) is 3.02. The van der Waals surface area contributed by atoms with E-state index in [-0.39, 0.29) is 27.9 Å². The molecule has 2 heterocycles. The summed E-state index contributed by atoms with van der Waals surface area (Å²) in [7, 11) is 0. The third kappa shape index (κ3) is 4.34. The number of nitrogens with two attached hydrogens (primary N) is 1. The number of nitrogens with zero attached hydrogens (tertiary/aromatic N) is 2. The van der Waals surface area contributed by atoms with E-state index in [1.54, 1.807) is 6.92 Å². The topological polar surface area (TPSA) is 105 Å². The third-order valence-electron chi connectivity index (χ3n) is 4.41. The number of alkyl halides is 3. The molecule has 0 saturated carbocycles. The number of nitrogens with one attached hydrogen (secondary N) is 1. The maximum absolute atomic E-state index is 12.9. The number of carbonyl (C=O) groups is 3. The average molecular weight is 424 g/mol. The van der Waals surface area contributed by atoms with Crippen LogP contribution in [0.25, 0.3) is 0 Å². The summed E-state index contributed by atoms with van der Waals surface area (Å²) in [5.74, 6) is -1.90. The lowest BCUT2D eigenvalue weighted by molar-refractivity contribution is -0.118. The van der Waals surface area contributed by atoms with Gasteiger partial charge in [-0.05, 0) is 47.7 Å². The number of thioether (sulfide) groups is 1. The molecule has 0 aliphatic carbocycles. The van der Waals surface area contributed by atoms with Crippen molar-refractivity contribution in [2.24, 2.45) is 5.73 Å². The molecule has 1 saturated heterocycles. The predicted molar refractivity (Wildman–Crippen MR) is 99.3 cm³/mol. The van der Waals surface area contributed by atoms with E-state index in [1.807, 2.05) is 0 Å². The lowest BCUT2D eigenvalue weighted by Crippen LogP contribution is -2.35. The standard InChI is InChI=1S/C18H15F3N4O3S/c1-9(12-6-7-23-8-13(12)15(22)26)14-16(27)25(17(28)24-14)10-2-4-11(5-3-10)29-18(19,20)21/h2-9,14H,1H3,(H2,22,26)(H,24,28). The molecule has 0 spiro atoms. The molecular weight excluding hydrogens is 409 g/mol. The van der Waals surface area contributed by atoms with Crippen LogP contribution in [0.3, 0.4) is 0 Å². The van der Waals surface area contributed by atoms with Crippen LogP contribution in [-0.2, 0) is 4.79 Å². The average Bonchev–Trinajstić information content (AvgIpc) is 2.95. The number of hydrogen-bond acceptors (Lipinski definition) is 5. The molecule has 1 fully saturated rings. The van der Waals surface area contributed by atoms with Gasteiger partial charge in [-0.2, -0.15) is 13.2 Å². The molecule has 1 aliphatic heterocycles. The van der Waals surface area contributed by atoms with Gasteiger partial charge in [0, 0.05) is 23.2 Å². The zero-order chi connectivity index (χ0) is 21.3. The Morgan fingerprint density at radius 3 is 2.48 bits per heavy atom. The highest BCUT2D eigenvalue weighted by Crippen LogP contribution is 2.37. The zero-order valence-corrected chi connectivity index (χ0v) is 15.8. The number of halogens is 3. The number of primary amides is 1. The Hall–Kier alpha value is -3.08. The van der Waals surface area contributed by atoms with Crippen LogP contribution in [0.2, 0.25) is 0 Å². The number of amides is 4. The van der Waals surface area contributed by atoms with Crippen molar-refractivity contribution in [2.45, 2.75) is 29.3 Å². The molecule has 0 radical (unpaired) electrons. The minimum atomic E-state index is -4.44. The van der Waals surface area contributed by atoms with E-state index in [0.717, 1.165) is 4.90 Å². The van der Waals surface area contributed by atoms with Gasteiger partial charge in [-0.15, -0.1) is 0 Å². The van der Waals surface area contributed by atoms with Crippen LogP contribution < -0.4 is 16.0 Å². The van der Waals surface area contributed by atoms with Crippen LogP contribution in [0.15, 0.2) is 47.6 Å². The van der Waals surface area contributed by atoms with Gasteiger partial charge in [-0.1, -0.05) is 6.92 Å². The minimum absolute atomic E-state index is 0.0684. The van der Waals surface area contributed by atoms with Gasteiger partial charge in [-0.25, -0.2) is 9.69 Å².